The van der Waals surface area contributed by atoms with Gasteiger partial charge in [0.15, 0.2) is 11.2 Å². The van der Waals surface area contributed by atoms with Crippen molar-refractivity contribution in [1.29, 1.82) is 0 Å². The van der Waals surface area contributed by atoms with E-state index in [1.165, 1.54) is 6.07 Å². The van der Waals surface area contributed by atoms with Gasteiger partial charge in [0.05, 0.1) is 16.8 Å². The van der Waals surface area contributed by atoms with Crippen molar-refractivity contribution < 1.29 is 0 Å². The molecule has 0 radical (unpaired) electrons. The molecule has 0 aliphatic carbocycles. The number of benzene rings is 1. The van der Waals surface area contributed by atoms with Crippen LogP contribution in [0.3, 0.4) is 0 Å². The Morgan fingerprint density at radius 1 is 1.15 bits per heavy atom. The number of nitrogens with zero attached hydrogens (tertiary/aromatic N) is 1. The van der Waals surface area contributed by atoms with Gasteiger partial charge >= 0.3 is 0 Å². The van der Waals surface area contributed by atoms with E-state index < -0.39 is 0 Å². The zero-order valence-corrected chi connectivity index (χ0v) is 11.1. The summed E-state index contributed by atoms with van der Waals surface area (Å²) in [5.74, 6) is 0.338. The van der Waals surface area contributed by atoms with Crippen LogP contribution in [-0.2, 0) is 0 Å². The Labute approximate surface area is 119 Å². The van der Waals surface area contributed by atoms with E-state index in [-0.39, 0.29) is 5.43 Å². The number of aromatic nitrogens is 3. The van der Waals surface area contributed by atoms with Gasteiger partial charge in [0.25, 0.3) is 0 Å². The number of nitrogens with two attached hydrogens (primary N) is 1. The Kier molecular flexibility index (Phi) is 3.04. The number of aromatic amines is 2. The summed E-state index contributed by atoms with van der Waals surface area (Å²) in [6.45, 7) is 0. The number of rotatable bonds is 2. The van der Waals surface area contributed by atoms with E-state index >= 15 is 0 Å². The van der Waals surface area contributed by atoms with Crippen LogP contribution in [0.25, 0.3) is 22.4 Å². The van der Waals surface area contributed by atoms with Gasteiger partial charge in [-0.05, 0) is 17.7 Å². The van der Waals surface area contributed by atoms with Gasteiger partial charge in [-0.1, -0.05) is 23.7 Å². The maximum Gasteiger partial charge on any atom is 0.190 e. The Balaban J connectivity index is 2.23. The molecule has 0 unspecified atom stereocenters. The van der Waals surface area contributed by atoms with Gasteiger partial charge in [-0.15, -0.1) is 0 Å². The van der Waals surface area contributed by atoms with Crippen molar-refractivity contribution in [2.75, 3.05) is 5.73 Å². The summed E-state index contributed by atoms with van der Waals surface area (Å²) in [4.78, 5) is 14.8. The fourth-order valence-corrected chi connectivity index (χ4v) is 2.20. The zero-order valence-electron chi connectivity index (χ0n) is 10.4. The number of H-pyrrole nitrogens is 2. The maximum atomic E-state index is 11.9. The van der Waals surface area contributed by atoms with Crippen LogP contribution >= 0.6 is 11.6 Å². The number of nitrogen functional groups attached to an aromatic ring is 1. The summed E-state index contributed by atoms with van der Waals surface area (Å²) in [6, 6.07) is 8.66. The molecule has 0 spiro atoms. The SMILES string of the molecule is Nc1n[nH]c(-c2c[nH]ccc2=O)c1-c1ccc(Cl)cc1. The minimum Gasteiger partial charge on any atom is -0.382 e. The molecule has 0 fully saturated rings. The Morgan fingerprint density at radius 3 is 2.60 bits per heavy atom. The second kappa shape index (κ2) is 4.86. The molecule has 2 aromatic heterocycles. The standard InChI is InChI=1S/C14H11ClN4O/c15-9-3-1-8(2-4-9)12-13(18-19-14(12)16)10-7-17-6-5-11(10)20/h1-7H,(H,17,20)(H3,16,18,19). The van der Waals surface area contributed by atoms with Crippen LogP contribution in [0.1, 0.15) is 0 Å². The fraction of sp³-hybridized carbons (Fsp3) is 0. The average molecular weight is 287 g/mol. The molecule has 3 rings (SSSR count). The quantitative estimate of drug-likeness (QED) is 0.677. The van der Waals surface area contributed by atoms with E-state index in [2.05, 4.69) is 15.2 Å². The number of pyridine rings is 1. The van der Waals surface area contributed by atoms with E-state index in [4.69, 9.17) is 17.3 Å². The molecular formula is C14H11ClN4O. The molecular weight excluding hydrogens is 276 g/mol. The van der Waals surface area contributed by atoms with Gasteiger partial charge in [-0.25, -0.2) is 0 Å². The molecule has 0 bridgehead atoms. The average Bonchev–Trinajstić information content (AvgIpc) is 2.82. The molecule has 6 heteroatoms. The van der Waals surface area contributed by atoms with Crippen molar-refractivity contribution >= 4 is 17.4 Å². The second-order valence-corrected chi connectivity index (χ2v) is 4.72. The number of halogens is 1. The fourth-order valence-electron chi connectivity index (χ4n) is 2.07. The summed E-state index contributed by atoms with van der Waals surface area (Å²) in [6.07, 6.45) is 3.20. The number of nitrogens with one attached hydrogen (secondary N) is 2. The predicted octanol–water partition coefficient (Wildman–Crippen LogP) is 2.67. The topological polar surface area (TPSA) is 87.6 Å². The maximum absolute atomic E-state index is 11.9. The van der Waals surface area contributed by atoms with Crippen LogP contribution in [0.15, 0.2) is 47.5 Å². The molecule has 0 aliphatic rings. The van der Waals surface area contributed by atoms with Gasteiger partial charge in [-0.3, -0.25) is 9.89 Å². The van der Waals surface area contributed by atoms with Crippen molar-refractivity contribution in [3.63, 3.8) is 0 Å². The van der Waals surface area contributed by atoms with E-state index in [1.807, 2.05) is 12.1 Å². The smallest absolute Gasteiger partial charge is 0.190 e. The van der Waals surface area contributed by atoms with Crippen LogP contribution in [0.5, 0.6) is 0 Å². The largest absolute Gasteiger partial charge is 0.382 e. The number of anilines is 1. The minimum absolute atomic E-state index is 0.109. The normalized spacial score (nSPS) is 10.7. The van der Waals surface area contributed by atoms with Crippen molar-refractivity contribution in [2.45, 2.75) is 0 Å². The lowest BCUT2D eigenvalue weighted by atomic mass is 10.0. The third-order valence-corrected chi connectivity index (χ3v) is 3.27. The zero-order chi connectivity index (χ0) is 14.1. The highest BCUT2D eigenvalue weighted by Gasteiger charge is 2.16. The number of hydrogen-bond acceptors (Lipinski definition) is 3. The van der Waals surface area contributed by atoms with Gasteiger partial charge < -0.3 is 10.7 Å². The third-order valence-electron chi connectivity index (χ3n) is 3.02. The van der Waals surface area contributed by atoms with Gasteiger partial charge in [-0.2, -0.15) is 5.10 Å². The predicted molar refractivity (Wildman–Crippen MR) is 79.5 cm³/mol. The molecule has 0 aliphatic heterocycles. The minimum atomic E-state index is -0.109. The molecule has 4 N–H and O–H groups in total. The van der Waals surface area contributed by atoms with Crippen LogP contribution in [-0.4, -0.2) is 15.2 Å². The summed E-state index contributed by atoms with van der Waals surface area (Å²) >= 11 is 5.89. The molecule has 20 heavy (non-hydrogen) atoms. The molecule has 0 saturated heterocycles. The lowest BCUT2D eigenvalue weighted by Crippen LogP contribution is -2.03. The summed E-state index contributed by atoms with van der Waals surface area (Å²) < 4.78 is 0. The molecule has 2 heterocycles. The molecule has 3 aromatic rings. The van der Waals surface area contributed by atoms with Crippen molar-refractivity contribution in [2.24, 2.45) is 0 Å². The van der Waals surface area contributed by atoms with E-state index in [9.17, 15) is 4.79 Å². The lowest BCUT2D eigenvalue weighted by Gasteiger charge is -2.04. The van der Waals surface area contributed by atoms with E-state index in [0.717, 1.165) is 5.56 Å². The van der Waals surface area contributed by atoms with Crippen molar-refractivity contribution in [1.82, 2.24) is 15.2 Å². The third kappa shape index (κ3) is 2.08. The Hall–Kier alpha value is -2.53. The molecule has 5 nitrogen and oxygen atoms in total. The first-order valence-corrected chi connectivity index (χ1v) is 6.32. The monoisotopic (exact) mass is 286 g/mol. The first kappa shape index (κ1) is 12.5. The van der Waals surface area contributed by atoms with Crippen LogP contribution in [0, 0.1) is 0 Å². The van der Waals surface area contributed by atoms with Crippen molar-refractivity contribution in [3.05, 3.63) is 58.0 Å². The summed E-state index contributed by atoms with van der Waals surface area (Å²) in [5, 5.41) is 7.45. The van der Waals surface area contributed by atoms with E-state index in [0.29, 0.717) is 27.7 Å². The lowest BCUT2D eigenvalue weighted by molar-refractivity contribution is 1.10. The van der Waals surface area contributed by atoms with Crippen molar-refractivity contribution in [3.8, 4) is 22.4 Å². The van der Waals surface area contributed by atoms with Gasteiger partial charge in [0.1, 0.15) is 0 Å². The molecule has 0 atom stereocenters. The highest BCUT2D eigenvalue weighted by Crippen LogP contribution is 2.33. The molecule has 0 saturated carbocycles. The Morgan fingerprint density at radius 2 is 1.90 bits per heavy atom. The van der Waals surface area contributed by atoms with Crippen LogP contribution < -0.4 is 11.2 Å². The first-order chi connectivity index (χ1) is 9.66. The summed E-state index contributed by atoms with van der Waals surface area (Å²) in [5.41, 5.74) is 8.42. The van der Waals surface area contributed by atoms with Gasteiger partial charge in [0.2, 0.25) is 0 Å². The highest BCUT2D eigenvalue weighted by molar-refractivity contribution is 6.30. The summed E-state index contributed by atoms with van der Waals surface area (Å²) in [7, 11) is 0. The second-order valence-electron chi connectivity index (χ2n) is 4.29. The van der Waals surface area contributed by atoms with Gasteiger partial charge in [0, 0.05) is 23.5 Å². The van der Waals surface area contributed by atoms with Crippen LogP contribution in [0.2, 0.25) is 5.02 Å². The molecule has 0 amide bonds. The molecule has 1 aromatic carbocycles. The first-order valence-electron chi connectivity index (χ1n) is 5.94. The highest BCUT2D eigenvalue weighted by atomic mass is 35.5. The molecule has 100 valence electrons. The van der Waals surface area contributed by atoms with E-state index in [1.54, 1.807) is 24.5 Å². The van der Waals surface area contributed by atoms with Crippen LogP contribution in [0.4, 0.5) is 5.82 Å². The Bertz CT molecular complexity index is 805. The number of hydrogen-bond donors (Lipinski definition) is 3.